The number of nitrogen functional groups attached to an aromatic ring is 1. The van der Waals surface area contributed by atoms with E-state index in [9.17, 15) is 14.9 Å². The van der Waals surface area contributed by atoms with Gasteiger partial charge in [0.2, 0.25) is 0 Å². The number of pyridine rings is 1. The molecule has 0 spiro atoms. The quantitative estimate of drug-likeness (QED) is 0.441. The van der Waals surface area contributed by atoms with Crippen molar-refractivity contribution in [3.63, 3.8) is 0 Å². The molecule has 8 heteroatoms. The van der Waals surface area contributed by atoms with Gasteiger partial charge in [-0.25, -0.2) is 0 Å². The van der Waals surface area contributed by atoms with Gasteiger partial charge in [0.1, 0.15) is 5.69 Å². The minimum absolute atomic E-state index is 0.0637. The number of nitrogens with two attached hydrogens (primary N) is 1. The Hall–Kier alpha value is -3.00. The Balaban J connectivity index is 2.25. The first-order chi connectivity index (χ1) is 9.61. The summed E-state index contributed by atoms with van der Waals surface area (Å²) < 4.78 is 0. The third kappa shape index (κ3) is 2.87. The SMILES string of the molecule is NNc1cc(C(=O)Nc2cccnc2)ccc1[N+](=O)[O-]. The lowest BCUT2D eigenvalue weighted by Crippen LogP contribution is -2.14. The van der Waals surface area contributed by atoms with Crippen LogP contribution >= 0.6 is 0 Å². The number of hydrogen-bond acceptors (Lipinski definition) is 6. The highest BCUT2D eigenvalue weighted by Gasteiger charge is 2.16. The molecule has 0 unspecified atom stereocenters. The van der Waals surface area contributed by atoms with Crippen LogP contribution in [0.25, 0.3) is 0 Å². The molecule has 102 valence electrons. The second kappa shape index (κ2) is 5.76. The summed E-state index contributed by atoms with van der Waals surface area (Å²) in [7, 11) is 0. The molecule has 0 aliphatic rings. The largest absolute Gasteiger partial charge is 0.321 e. The van der Waals surface area contributed by atoms with Crippen molar-refractivity contribution in [1.29, 1.82) is 0 Å². The monoisotopic (exact) mass is 273 g/mol. The fourth-order valence-corrected chi connectivity index (χ4v) is 1.59. The van der Waals surface area contributed by atoms with Crippen molar-refractivity contribution in [2.75, 3.05) is 10.7 Å². The van der Waals surface area contributed by atoms with Crippen LogP contribution in [0.4, 0.5) is 17.1 Å². The van der Waals surface area contributed by atoms with Gasteiger partial charge in [0.15, 0.2) is 0 Å². The molecule has 2 aromatic rings. The number of amides is 1. The molecule has 0 aliphatic carbocycles. The van der Waals surface area contributed by atoms with Crippen molar-refractivity contribution in [2.24, 2.45) is 5.84 Å². The maximum absolute atomic E-state index is 12.0. The van der Waals surface area contributed by atoms with Gasteiger partial charge in [-0.3, -0.25) is 25.7 Å². The van der Waals surface area contributed by atoms with Crippen LogP contribution in [0, 0.1) is 10.1 Å². The van der Waals surface area contributed by atoms with Crippen LogP contribution in [0.3, 0.4) is 0 Å². The van der Waals surface area contributed by atoms with E-state index in [1.807, 2.05) is 0 Å². The summed E-state index contributed by atoms with van der Waals surface area (Å²) in [6.07, 6.45) is 3.07. The first-order valence-electron chi connectivity index (χ1n) is 5.58. The molecule has 0 atom stereocenters. The predicted octanol–water partition coefficient (Wildman–Crippen LogP) is 1.53. The maximum Gasteiger partial charge on any atom is 0.293 e. The molecule has 2 rings (SSSR count). The molecule has 0 saturated carbocycles. The summed E-state index contributed by atoms with van der Waals surface area (Å²) in [5.41, 5.74) is 2.83. The van der Waals surface area contributed by atoms with E-state index in [2.05, 4.69) is 15.7 Å². The van der Waals surface area contributed by atoms with Crippen molar-refractivity contribution < 1.29 is 9.72 Å². The zero-order chi connectivity index (χ0) is 14.5. The molecular weight excluding hydrogens is 262 g/mol. The normalized spacial score (nSPS) is 9.85. The highest BCUT2D eigenvalue weighted by Crippen LogP contribution is 2.24. The number of hydrazine groups is 1. The predicted molar refractivity (Wildman–Crippen MR) is 73.1 cm³/mol. The second-order valence-corrected chi connectivity index (χ2v) is 3.83. The van der Waals surface area contributed by atoms with Gasteiger partial charge < -0.3 is 10.7 Å². The summed E-state index contributed by atoms with van der Waals surface area (Å²) in [6.45, 7) is 0. The summed E-state index contributed by atoms with van der Waals surface area (Å²) in [6, 6.07) is 7.23. The minimum Gasteiger partial charge on any atom is -0.321 e. The van der Waals surface area contributed by atoms with Crippen molar-refractivity contribution in [2.45, 2.75) is 0 Å². The molecule has 0 fully saturated rings. The Morgan fingerprint density at radius 2 is 2.15 bits per heavy atom. The topological polar surface area (TPSA) is 123 Å². The van der Waals surface area contributed by atoms with E-state index in [1.54, 1.807) is 18.3 Å². The molecule has 20 heavy (non-hydrogen) atoms. The van der Waals surface area contributed by atoms with Crippen molar-refractivity contribution in [3.8, 4) is 0 Å². The highest BCUT2D eigenvalue weighted by atomic mass is 16.6. The fraction of sp³-hybridized carbons (Fsp3) is 0. The summed E-state index contributed by atoms with van der Waals surface area (Å²) in [4.78, 5) is 26.0. The van der Waals surface area contributed by atoms with Gasteiger partial charge in [0, 0.05) is 17.8 Å². The number of nitrogens with one attached hydrogen (secondary N) is 2. The van der Waals surface area contributed by atoms with Gasteiger partial charge in [-0.1, -0.05) is 0 Å². The average Bonchev–Trinajstić information content (AvgIpc) is 2.47. The Bertz CT molecular complexity index is 645. The number of nitrogens with zero attached hydrogens (tertiary/aromatic N) is 2. The lowest BCUT2D eigenvalue weighted by atomic mass is 10.1. The molecule has 1 aromatic heterocycles. The molecule has 0 saturated heterocycles. The number of carbonyl (C=O) groups excluding carboxylic acids is 1. The Labute approximate surface area is 113 Å². The van der Waals surface area contributed by atoms with E-state index in [0.29, 0.717) is 5.69 Å². The molecule has 0 bridgehead atoms. The Kier molecular flexibility index (Phi) is 3.87. The van der Waals surface area contributed by atoms with Gasteiger partial charge in [0.25, 0.3) is 11.6 Å². The van der Waals surface area contributed by atoms with Crippen LogP contribution in [0.5, 0.6) is 0 Å². The zero-order valence-corrected chi connectivity index (χ0v) is 10.2. The highest BCUT2D eigenvalue weighted by molar-refractivity contribution is 6.05. The number of aromatic nitrogens is 1. The molecule has 0 aliphatic heterocycles. The van der Waals surface area contributed by atoms with Gasteiger partial charge in [-0.15, -0.1) is 0 Å². The van der Waals surface area contributed by atoms with Crippen molar-refractivity contribution in [1.82, 2.24) is 4.98 Å². The van der Waals surface area contributed by atoms with E-state index < -0.39 is 10.8 Å². The summed E-state index contributed by atoms with van der Waals surface area (Å²) >= 11 is 0. The number of carbonyl (C=O) groups is 1. The zero-order valence-electron chi connectivity index (χ0n) is 10.2. The van der Waals surface area contributed by atoms with Gasteiger partial charge >= 0.3 is 0 Å². The van der Waals surface area contributed by atoms with Crippen LogP contribution < -0.4 is 16.6 Å². The number of anilines is 2. The van der Waals surface area contributed by atoms with E-state index in [4.69, 9.17) is 5.84 Å². The fourth-order valence-electron chi connectivity index (χ4n) is 1.59. The summed E-state index contributed by atoms with van der Waals surface area (Å²) in [5, 5.41) is 13.4. The lowest BCUT2D eigenvalue weighted by molar-refractivity contribution is -0.384. The number of nitro benzene ring substituents is 1. The lowest BCUT2D eigenvalue weighted by Gasteiger charge is -2.07. The first-order valence-corrected chi connectivity index (χ1v) is 5.58. The van der Waals surface area contributed by atoms with Crippen LogP contribution in [0.1, 0.15) is 10.4 Å². The van der Waals surface area contributed by atoms with Crippen LogP contribution in [0.2, 0.25) is 0 Å². The molecule has 1 amide bonds. The summed E-state index contributed by atoms with van der Waals surface area (Å²) in [5.74, 6) is 4.80. The number of rotatable bonds is 4. The molecule has 4 N–H and O–H groups in total. The van der Waals surface area contributed by atoms with Crippen LogP contribution in [-0.4, -0.2) is 15.8 Å². The van der Waals surface area contributed by atoms with E-state index in [1.165, 1.54) is 24.4 Å². The number of nitro groups is 1. The van der Waals surface area contributed by atoms with Gasteiger partial charge in [-0.05, 0) is 24.3 Å². The number of hydrogen-bond donors (Lipinski definition) is 3. The van der Waals surface area contributed by atoms with Crippen molar-refractivity contribution >= 4 is 23.0 Å². The average molecular weight is 273 g/mol. The Morgan fingerprint density at radius 3 is 2.75 bits per heavy atom. The third-order valence-electron chi connectivity index (χ3n) is 2.53. The molecular formula is C12H11N5O3. The Morgan fingerprint density at radius 1 is 1.35 bits per heavy atom. The molecule has 0 radical (unpaired) electrons. The van der Waals surface area contributed by atoms with Crippen LogP contribution in [0.15, 0.2) is 42.7 Å². The molecule has 8 nitrogen and oxygen atoms in total. The smallest absolute Gasteiger partial charge is 0.293 e. The van der Waals surface area contributed by atoms with Gasteiger partial charge in [-0.2, -0.15) is 0 Å². The van der Waals surface area contributed by atoms with E-state index in [0.717, 1.165) is 0 Å². The minimum atomic E-state index is -0.585. The molecule has 1 heterocycles. The van der Waals surface area contributed by atoms with Gasteiger partial charge in [0.05, 0.1) is 16.8 Å². The van der Waals surface area contributed by atoms with E-state index in [-0.39, 0.29) is 16.9 Å². The molecule has 1 aromatic carbocycles. The number of benzene rings is 1. The van der Waals surface area contributed by atoms with E-state index >= 15 is 0 Å². The maximum atomic E-state index is 12.0. The third-order valence-corrected chi connectivity index (χ3v) is 2.53. The van der Waals surface area contributed by atoms with Crippen molar-refractivity contribution in [3.05, 3.63) is 58.4 Å². The van der Waals surface area contributed by atoms with Crippen LogP contribution in [-0.2, 0) is 0 Å². The second-order valence-electron chi connectivity index (χ2n) is 3.83. The standard InChI is InChI=1S/C12H11N5O3/c13-16-10-6-8(3-4-11(10)17(19)20)12(18)15-9-2-1-5-14-7-9/h1-7,16H,13H2,(H,15,18). The first kappa shape index (κ1) is 13.4.